The summed E-state index contributed by atoms with van der Waals surface area (Å²) < 4.78 is 0. The van der Waals surface area contributed by atoms with Crippen LogP contribution in [0.15, 0.2) is 11.6 Å². The molecule has 3 unspecified atom stereocenters. The van der Waals surface area contributed by atoms with Gasteiger partial charge in [0.15, 0.2) is 0 Å². The van der Waals surface area contributed by atoms with E-state index >= 15 is 0 Å². The number of aliphatic hydroxyl groups is 2. The zero-order chi connectivity index (χ0) is 9.26. The fourth-order valence-electron chi connectivity index (χ4n) is 2.79. The number of hydrogen-bond donors (Lipinski definition) is 2. The summed E-state index contributed by atoms with van der Waals surface area (Å²) >= 11 is 0. The summed E-state index contributed by atoms with van der Waals surface area (Å²) in [4.78, 5) is 0. The van der Waals surface area contributed by atoms with Crippen molar-refractivity contribution in [3.63, 3.8) is 0 Å². The largest absolute Gasteiger partial charge is 0.396 e. The highest BCUT2D eigenvalue weighted by atomic mass is 16.3. The van der Waals surface area contributed by atoms with Crippen LogP contribution < -0.4 is 0 Å². The van der Waals surface area contributed by atoms with Crippen molar-refractivity contribution in [1.82, 2.24) is 0 Å². The van der Waals surface area contributed by atoms with Crippen molar-refractivity contribution in [3.05, 3.63) is 11.6 Å². The number of rotatable bonds is 1. The number of fused-ring (bicyclic) bond motifs is 1. The molecule has 13 heavy (non-hydrogen) atoms. The molecule has 0 bridgehead atoms. The predicted octanol–water partition coefficient (Wildman–Crippen LogP) is 1.48. The second-order valence-corrected chi connectivity index (χ2v) is 4.28. The van der Waals surface area contributed by atoms with E-state index in [9.17, 15) is 10.2 Å². The summed E-state index contributed by atoms with van der Waals surface area (Å²) in [5, 5.41) is 19.0. The number of aliphatic hydroxyl groups excluding tert-OH is 2. The molecule has 0 radical (unpaired) electrons. The molecule has 1 saturated carbocycles. The van der Waals surface area contributed by atoms with E-state index in [-0.39, 0.29) is 12.7 Å². The Morgan fingerprint density at radius 1 is 1.31 bits per heavy atom. The Hall–Kier alpha value is -0.340. The molecular formula is C11H18O2. The Morgan fingerprint density at radius 2 is 2.15 bits per heavy atom. The number of allylic oxidation sites excluding steroid dienone is 1. The molecule has 1 fully saturated rings. The molecule has 2 aliphatic rings. The van der Waals surface area contributed by atoms with Crippen LogP contribution in [0.4, 0.5) is 0 Å². The maximum atomic E-state index is 9.77. The van der Waals surface area contributed by atoms with Gasteiger partial charge in [0.25, 0.3) is 0 Å². The molecule has 74 valence electrons. The molecule has 0 saturated heterocycles. The minimum atomic E-state index is -0.215. The highest BCUT2D eigenvalue weighted by molar-refractivity contribution is 5.18. The Kier molecular flexibility index (Phi) is 2.70. The van der Waals surface area contributed by atoms with E-state index in [1.165, 1.54) is 5.57 Å². The Bertz CT molecular complexity index is 210. The van der Waals surface area contributed by atoms with Gasteiger partial charge in [-0.05, 0) is 49.5 Å². The molecule has 0 aromatic heterocycles. The van der Waals surface area contributed by atoms with Crippen LogP contribution >= 0.6 is 0 Å². The Labute approximate surface area is 79.3 Å². The summed E-state index contributed by atoms with van der Waals surface area (Å²) in [6.07, 6.45) is 7.30. The predicted molar refractivity (Wildman–Crippen MR) is 51.2 cm³/mol. The van der Waals surface area contributed by atoms with E-state index in [0.29, 0.717) is 11.8 Å². The van der Waals surface area contributed by atoms with Gasteiger partial charge in [-0.2, -0.15) is 0 Å². The standard InChI is InChI=1S/C11H18O2/c12-7-8-3-1-5-10-9(8)4-2-6-11(10)13/h5,8-9,11-13H,1-4,6-7H2. The van der Waals surface area contributed by atoms with E-state index in [0.717, 1.165) is 32.1 Å². The molecule has 0 aromatic carbocycles. The molecule has 2 N–H and O–H groups in total. The molecule has 0 aliphatic heterocycles. The van der Waals surface area contributed by atoms with Crippen LogP contribution in [0.2, 0.25) is 0 Å². The van der Waals surface area contributed by atoms with Crippen LogP contribution in [0.3, 0.4) is 0 Å². The van der Waals surface area contributed by atoms with Crippen molar-refractivity contribution in [2.45, 2.75) is 38.2 Å². The zero-order valence-electron chi connectivity index (χ0n) is 7.95. The summed E-state index contributed by atoms with van der Waals surface area (Å²) in [6, 6.07) is 0. The third-order valence-corrected chi connectivity index (χ3v) is 3.53. The second-order valence-electron chi connectivity index (χ2n) is 4.28. The fraction of sp³-hybridized carbons (Fsp3) is 0.818. The monoisotopic (exact) mass is 182 g/mol. The van der Waals surface area contributed by atoms with E-state index < -0.39 is 0 Å². The lowest BCUT2D eigenvalue weighted by Crippen LogP contribution is -2.32. The fourth-order valence-corrected chi connectivity index (χ4v) is 2.79. The van der Waals surface area contributed by atoms with Gasteiger partial charge >= 0.3 is 0 Å². The molecular weight excluding hydrogens is 164 g/mol. The van der Waals surface area contributed by atoms with Crippen molar-refractivity contribution in [1.29, 1.82) is 0 Å². The van der Waals surface area contributed by atoms with Crippen molar-refractivity contribution in [2.75, 3.05) is 6.61 Å². The van der Waals surface area contributed by atoms with Gasteiger partial charge in [0.2, 0.25) is 0 Å². The second kappa shape index (κ2) is 3.81. The summed E-state index contributed by atoms with van der Waals surface area (Å²) in [6.45, 7) is 0.286. The van der Waals surface area contributed by atoms with Crippen LogP contribution in [0, 0.1) is 11.8 Å². The first-order valence-electron chi connectivity index (χ1n) is 5.32. The minimum Gasteiger partial charge on any atom is -0.396 e. The Morgan fingerprint density at radius 3 is 2.92 bits per heavy atom. The van der Waals surface area contributed by atoms with E-state index in [2.05, 4.69) is 6.08 Å². The summed E-state index contributed by atoms with van der Waals surface area (Å²) in [5.74, 6) is 0.887. The highest BCUT2D eigenvalue weighted by Crippen LogP contribution is 2.40. The van der Waals surface area contributed by atoms with Gasteiger partial charge in [-0.1, -0.05) is 6.08 Å². The maximum absolute atomic E-state index is 9.77. The lowest BCUT2D eigenvalue weighted by atomic mass is 9.70. The van der Waals surface area contributed by atoms with Gasteiger partial charge in [0.05, 0.1) is 6.10 Å². The van der Waals surface area contributed by atoms with Crippen LogP contribution in [-0.4, -0.2) is 22.9 Å². The maximum Gasteiger partial charge on any atom is 0.0752 e. The SMILES string of the molecule is OCC1CCC=C2C(O)CCCC21. The topological polar surface area (TPSA) is 40.5 Å². The van der Waals surface area contributed by atoms with Crippen LogP contribution in [0.5, 0.6) is 0 Å². The van der Waals surface area contributed by atoms with Crippen LogP contribution in [0.1, 0.15) is 32.1 Å². The van der Waals surface area contributed by atoms with Gasteiger partial charge in [0, 0.05) is 6.61 Å². The van der Waals surface area contributed by atoms with Crippen LogP contribution in [-0.2, 0) is 0 Å². The van der Waals surface area contributed by atoms with Gasteiger partial charge in [-0.3, -0.25) is 0 Å². The smallest absolute Gasteiger partial charge is 0.0752 e. The average molecular weight is 182 g/mol. The van der Waals surface area contributed by atoms with Crippen molar-refractivity contribution in [3.8, 4) is 0 Å². The van der Waals surface area contributed by atoms with Crippen molar-refractivity contribution < 1.29 is 10.2 Å². The molecule has 2 nitrogen and oxygen atoms in total. The lowest BCUT2D eigenvalue weighted by molar-refractivity contribution is 0.105. The molecule has 2 aliphatic carbocycles. The average Bonchev–Trinajstić information content (AvgIpc) is 2.18. The summed E-state index contributed by atoms with van der Waals surface area (Å²) in [5.41, 5.74) is 1.22. The molecule has 3 atom stereocenters. The van der Waals surface area contributed by atoms with Gasteiger partial charge < -0.3 is 10.2 Å². The lowest BCUT2D eigenvalue weighted by Gasteiger charge is -2.37. The summed E-state index contributed by atoms with van der Waals surface area (Å²) in [7, 11) is 0. The first-order valence-corrected chi connectivity index (χ1v) is 5.32. The quantitative estimate of drug-likeness (QED) is 0.603. The highest BCUT2D eigenvalue weighted by Gasteiger charge is 2.33. The minimum absolute atomic E-state index is 0.215. The molecule has 0 spiro atoms. The van der Waals surface area contributed by atoms with Gasteiger partial charge in [-0.15, -0.1) is 0 Å². The van der Waals surface area contributed by atoms with Crippen molar-refractivity contribution >= 4 is 0 Å². The first kappa shape index (κ1) is 9.22. The van der Waals surface area contributed by atoms with E-state index in [4.69, 9.17) is 0 Å². The third kappa shape index (κ3) is 1.65. The molecule has 0 heterocycles. The first-order chi connectivity index (χ1) is 6.33. The third-order valence-electron chi connectivity index (χ3n) is 3.53. The van der Waals surface area contributed by atoms with Gasteiger partial charge in [0.1, 0.15) is 0 Å². The normalized spacial score (nSPS) is 39.5. The van der Waals surface area contributed by atoms with Crippen molar-refractivity contribution in [2.24, 2.45) is 11.8 Å². The van der Waals surface area contributed by atoms with Gasteiger partial charge in [-0.25, -0.2) is 0 Å². The molecule has 2 heteroatoms. The molecule has 0 aromatic rings. The Balaban J connectivity index is 2.15. The molecule has 2 rings (SSSR count). The van der Waals surface area contributed by atoms with Crippen LogP contribution in [0.25, 0.3) is 0 Å². The number of hydrogen-bond acceptors (Lipinski definition) is 2. The zero-order valence-corrected chi connectivity index (χ0v) is 7.95. The molecule has 0 amide bonds. The van der Waals surface area contributed by atoms with E-state index in [1.807, 2.05) is 0 Å². The van der Waals surface area contributed by atoms with E-state index in [1.54, 1.807) is 0 Å².